The van der Waals surface area contributed by atoms with Crippen LogP contribution in [-0.2, 0) is 0 Å². The first-order valence-electron chi connectivity index (χ1n) is 6.15. The van der Waals surface area contributed by atoms with E-state index in [2.05, 4.69) is 5.32 Å². The van der Waals surface area contributed by atoms with Crippen LogP contribution in [-0.4, -0.2) is 20.1 Å². The molecule has 2 rings (SSSR count). The number of anilines is 1. The van der Waals surface area contributed by atoms with Gasteiger partial charge < -0.3 is 14.8 Å². The van der Waals surface area contributed by atoms with Gasteiger partial charge in [0, 0.05) is 33.6 Å². The second-order valence-corrected chi connectivity index (χ2v) is 5.84. The number of thiophene rings is 1. The lowest BCUT2D eigenvalue weighted by Gasteiger charge is -2.09. The van der Waals surface area contributed by atoms with E-state index in [9.17, 15) is 4.79 Å². The topological polar surface area (TPSA) is 47.6 Å². The maximum Gasteiger partial charge on any atom is 0.256 e. The van der Waals surface area contributed by atoms with E-state index in [4.69, 9.17) is 9.47 Å². The Balaban J connectivity index is 2.25. The Labute approximate surface area is 122 Å². The van der Waals surface area contributed by atoms with Gasteiger partial charge in [0.1, 0.15) is 11.5 Å². The third-order valence-corrected chi connectivity index (χ3v) is 3.86. The van der Waals surface area contributed by atoms with Crippen LogP contribution in [0.3, 0.4) is 0 Å². The van der Waals surface area contributed by atoms with Gasteiger partial charge >= 0.3 is 0 Å². The van der Waals surface area contributed by atoms with E-state index < -0.39 is 0 Å². The molecule has 1 aromatic heterocycles. The number of carbonyl (C=O) groups excluding carboxylic acids is 1. The van der Waals surface area contributed by atoms with Crippen LogP contribution in [0, 0.1) is 13.8 Å². The molecule has 0 aliphatic carbocycles. The number of hydrogen-bond donors (Lipinski definition) is 1. The van der Waals surface area contributed by atoms with Crippen LogP contribution in [0.25, 0.3) is 0 Å². The highest BCUT2D eigenvalue weighted by molar-refractivity contribution is 7.12. The van der Waals surface area contributed by atoms with Crippen molar-refractivity contribution in [2.24, 2.45) is 0 Å². The number of benzene rings is 1. The fourth-order valence-corrected chi connectivity index (χ4v) is 2.86. The molecule has 1 heterocycles. The van der Waals surface area contributed by atoms with E-state index in [0.717, 1.165) is 9.75 Å². The molecule has 1 aromatic carbocycles. The first-order valence-corrected chi connectivity index (χ1v) is 6.96. The largest absolute Gasteiger partial charge is 0.497 e. The Kier molecular flexibility index (Phi) is 4.29. The van der Waals surface area contributed by atoms with Gasteiger partial charge in [-0.25, -0.2) is 0 Å². The van der Waals surface area contributed by atoms with Gasteiger partial charge in [-0.1, -0.05) is 0 Å². The number of hydrogen-bond acceptors (Lipinski definition) is 4. The van der Waals surface area contributed by atoms with Crippen LogP contribution in [0.1, 0.15) is 20.1 Å². The summed E-state index contributed by atoms with van der Waals surface area (Å²) in [5.41, 5.74) is 1.35. The van der Waals surface area contributed by atoms with Gasteiger partial charge in [0.15, 0.2) is 0 Å². The predicted octanol–water partition coefficient (Wildman–Crippen LogP) is 3.63. The minimum atomic E-state index is -0.123. The van der Waals surface area contributed by atoms with Crippen molar-refractivity contribution in [1.82, 2.24) is 0 Å². The van der Waals surface area contributed by atoms with Crippen molar-refractivity contribution in [2.75, 3.05) is 19.5 Å². The van der Waals surface area contributed by atoms with Crippen molar-refractivity contribution in [3.63, 3.8) is 0 Å². The van der Waals surface area contributed by atoms with Crippen LogP contribution in [0.4, 0.5) is 5.69 Å². The van der Waals surface area contributed by atoms with Crippen molar-refractivity contribution in [1.29, 1.82) is 0 Å². The van der Waals surface area contributed by atoms with E-state index in [1.54, 1.807) is 43.8 Å². The Morgan fingerprint density at radius 2 is 1.65 bits per heavy atom. The molecular weight excluding hydrogens is 274 g/mol. The van der Waals surface area contributed by atoms with E-state index in [1.807, 2.05) is 19.9 Å². The summed E-state index contributed by atoms with van der Waals surface area (Å²) in [6.07, 6.45) is 0. The van der Waals surface area contributed by atoms with Crippen LogP contribution in [0.2, 0.25) is 0 Å². The monoisotopic (exact) mass is 291 g/mol. The summed E-state index contributed by atoms with van der Waals surface area (Å²) in [5, 5.41) is 2.87. The number of methoxy groups -OCH3 is 2. The molecule has 0 saturated heterocycles. The predicted molar refractivity (Wildman–Crippen MR) is 81.3 cm³/mol. The van der Waals surface area contributed by atoms with Gasteiger partial charge in [-0.05, 0) is 19.9 Å². The van der Waals surface area contributed by atoms with Crippen molar-refractivity contribution >= 4 is 22.9 Å². The smallest absolute Gasteiger partial charge is 0.256 e. The summed E-state index contributed by atoms with van der Waals surface area (Å²) in [7, 11) is 3.15. The van der Waals surface area contributed by atoms with Crippen LogP contribution in [0.15, 0.2) is 24.3 Å². The molecule has 0 saturated carbocycles. The average molecular weight is 291 g/mol. The van der Waals surface area contributed by atoms with Gasteiger partial charge in [-0.15, -0.1) is 11.3 Å². The molecule has 0 fully saturated rings. The van der Waals surface area contributed by atoms with Crippen molar-refractivity contribution in [3.05, 3.63) is 39.6 Å². The SMILES string of the molecule is COc1cc(NC(=O)c2cc(C)sc2C)cc(OC)c1. The van der Waals surface area contributed by atoms with Crippen LogP contribution < -0.4 is 14.8 Å². The minimum Gasteiger partial charge on any atom is -0.497 e. The maximum absolute atomic E-state index is 12.3. The highest BCUT2D eigenvalue weighted by Gasteiger charge is 2.13. The Hall–Kier alpha value is -2.01. The molecule has 0 unspecified atom stereocenters. The van der Waals surface area contributed by atoms with Crippen molar-refractivity contribution in [3.8, 4) is 11.5 Å². The summed E-state index contributed by atoms with van der Waals surface area (Å²) in [5.74, 6) is 1.15. The molecule has 1 amide bonds. The molecule has 0 radical (unpaired) electrons. The van der Waals surface area contributed by atoms with Crippen LogP contribution in [0.5, 0.6) is 11.5 Å². The average Bonchev–Trinajstić information content (AvgIpc) is 2.77. The first-order chi connectivity index (χ1) is 9.53. The fraction of sp³-hybridized carbons (Fsp3) is 0.267. The number of ether oxygens (including phenoxy) is 2. The normalized spacial score (nSPS) is 10.2. The Bertz CT molecular complexity index is 612. The lowest BCUT2D eigenvalue weighted by molar-refractivity contribution is 0.102. The van der Waals surface area contributed by atoms with E-state index in [1.165, 1.54) is 0 Å². The molecule has 20 heavy (non-hydrogen) atoms. The molecular formula is C15H17NO3S. The molecule has 0 spiro atoms. The molecule has 0 atom stereocenters. The van der Waals surface area contributed by atoms with Gasteiger partial charge in [-0.3, -0.25) is 4.79 Å². The van der Waals surface area contributed by atoms with Crippen LogP contribution >= 0.6 is 11.3 Å². The second kappa shape index (κ2) is 5.96. The Morgan fingerprint density at radius 3 is 2.10 bits per heavy atom. The zero-order valence-corrected chi connectivity index (χ0v) is 12.8. The molecule has 5 heteroatoms. The second-order valence-electron chi connectivity index (χ2n) is 4.38. The quantitative estimate of drug-likeness (QED) is 0.935. The fourth-order valence-electron chi connectivity index (χ4n) is 1.93. The number of nitrogens with one attached hydrogen (secondary N) is 1. The van der Waals surface area contributed by atoms with Gasteiger partial charge in [0.2, 0.25) is 0 Å². The zero-order valence-electron chi connectivity index (χ0n) is 11.9. The summed E-state index contributed by atoms with van der Waals surface area (Å²) in [6, 6.07) is 7.17. The van der Waals surface area contributed by atoms with Gasteiger partial charge in [0.05, 0.1) is 19.8 Å². The first kappa shape index (κ1) is 14.4. The molecule has 4 nitrogen and oxygen atoms in total. The zero-order chi connectivity index (χ0) is 14.7. The van der Waals surface area contributed by atoms with Gasteiger partial charge in [-0.2, -0.15) is 0 Å². The van der Waals surface area contributed by atoms with E-state index in [-0.39, 0.29) is 5.91 Å². The third kappa shape index (κ3) is 3.11. The molecule has 0 aliphatic heterocycles. The highest BCUT2D eigenvalue weighted by atomic mass is 32.1. The minimum absolute atomic E-state index is 0.123. The van der Waals surface area contributed by atoms with E-state index >= 15 is 0 Å². The molecule has 0 aliphatic rings. The number of carbonyl (C=O) groups is 1. The number of rotatable bonds is 4. The lowest BCUT2D eigenvalue weighted by atomic mass is 10.2. The maximum atomic E-state index is 12.3. The summed E-state index contributed by atoms with van der Waals surface area (Å²) in [4.78, 5) is 14.4. The molecule has 106 valence electrons. The van der Waals surface area contributed by atoms with Crippen molar-refractivity contribution in [2.45, 2.75) is 13.8 Å². The standard InChI is InChI=1S/C15H17NO3S/c1-9-5-14(10(2)20-9)15(17)16-11-6-12(18-3)8-13(7-11)19-4/h5-8H,1-4H3,(H,16,17). The summed E-state index contributed by atoms with van der Waals surface area (Å²) >= 11 is 1.61. The van der Waals surface area contributed by atoms with E-state index in [0.29, 0.717) is 22.7 Å². The highest BCUT2D eigenvalue weighted by Crippen LogP contribution is 2.27. The molecule has 2 aromatic rings. The third-order valence-electron chi connectivity index (χ3n) is 2.89. The van der Waals surface area contributed by atoms with Crippen molar-refractivity contribution < 1.29 is 14.3 Å². The molecule has 1 N–H and O–H groups in total. The number of amides is 1. The number of aryl methyl sites for hydroxylation is 2. The van der Waals surface area contributed by atoms with Gasteiger partial charge in [0.25, 0.3) is 5.91 Å². The molecule has 0 bridgehead atoms. The summed E-state index contributed by atoms with van der Waals surface area (Å²) in [6.45, 7) is 3.93. The summed E-state index contributed by atoms with van der Waals surface area (Å²) < 4.78 is 10.4. The Morgan fingerprint density at radius 1 is 1.05 bits per heavy atom. The lowest BCUT2D eigenvalue weighted by Crippen LogP contribution is -2.12.